The van der Waals surface area contributed by atoms with Crippen LogP contribution in [0.2, 0.25) is 0 Å². The number of nitrogens with zero attached hydrogens (tertiary/aromatic N) is 3. The molecule has 4 heterocycles. The van der Waals surface area contributed by atoms with E-state index in [0.717, 1.165) is 13.0 Å². The molecule has 0 aromatic carbocycles. The van der Waals surface area contributed by atoms with Crippen molar-refractivity contribution in [3.63, 3.8) is 0 Å². The van der Waals surface area contributed by atoms with Crippen LogP contribution in [0.15, 0.2) is 30.1 Å². The molecule has 2 bridgehead atoms. The number of aliphatic hydroxyl groups excluding tert-OH is 1. The number of rotatable bonds is 5. The molecule has 1 aliphatic carbocycles. The summed E-state index contributed by atoms with van der Waals surface area (Å²) in [5.41, 5.74) is 1.47. The molecule has 7 heteroatoms. The Morgan fingerprint density at radius 3 is 2.86 bits per heavy atom. The molecule has 0 radical (unpaired) electrons. The second-order valence-corrected chi connectivity index (χ2v) is 8.90. The van der Waals surface area contributed by atoms with Gasteiger partial charge in [-0.3, -0.25) is 4.79 Å². The van der Waals surface area contributed by atoms with E-state index in [1.54, 1.807) is 18.5 Å². The molecular weight excluding hydrogens is 368 g/mol. The van der Waals surface area contributed by atoms with Crippen molar-refractivity contribution in [3.05, 3.63) is 30.1 Å². The largest absolute Gasteiger partial charge is 0.390 e. The normalized spacial score (nSPS) is 35.9. The third-order valence-corrected chi connectivity index (χ3v) is 7.17. The van der Waals surface area contributed by atoms with Gasteiger partial charge in [0, 0.05) is 43.9 Å². The van der Waals surface area contributed by atoms with Crippen molar-refractivity contribution >= 4 is 11.9 Å². The monoisotopic (exact) mass is 398 g/mol. The van der Waals surface area contributed by atoms with Gasteiger partial charge in [-0.05, 0) is 44.6 Å². The summed E-state index contributed by atoms with van der Waals surface area (Å²) in [5.74, 6) is 0.821. The van der Waals surface area contributed by atoms with Gasteiger partial charge in [-0.2, -0.15) is 0 Å². The number of allylic oxidation sites excluding steroid dienone is 1. The second-order valence-electron chi connectivity index (χ2n) is 8.90. The first-order chi connectivity index (χ1) is 14.2. The van der Waals surface area contributed by atoms with Crippen LogP contribution >= 0.6 is 0 Å². The van der Waals surface area contributed by atoms with Crippen LogP contribution in [-0.2, 0) is 9.53 Å². The number of aromatic nitrogens is 2. The van der Waals surface area contributed by atoms with E-state index >= 15 is 0 Å². The zero-order valence-corrected chi connectivity index (χ0v) is 16.7. The SMILES string of the molecule is O=C(NCCC1=CCCCC1)C1C[C@@H]2O[C@H]1[C@H]1CN(c3ncccn3)C[C@H]1[C@@H]2O. The number of carbonyl (C=O) groups is 1. The average Bonchev–Trinajstić information content (AvgIpc) is 3.38. The highest BCUT2D eigenvalue weighted by Crippen LogP contribution is 2.47. The summed E-state index contributed by atoms with van der Waals surface area (Å²) in [6.07, 6.45) is 11.4. The molecule has 2 N–H and O–H groups in total. The van der Waals surface area contributed by atoms with Crippen LogP contribution < -0.4 is 10.2 Å². The molecule has 1 amide bonds. The van der Waals surface area contributed by atoms with Crippen molar-refractivity contribution in [2.75, 3.05) is 24.5 Å². The average molecular weight is 399 g/mol. The first-order valence-electron chi connectivity index (χ1n) is 11.0. The molecule has 156 valence electrons. The minimum absolute atomic E-state index is 0.0798. The third-order valence-electron chi connectivity index (χ3n) is 7.17. The molecule has 5 rings (SSSR count). The molecule has 3 fully saturated rings. The van der Waals surface area contributed by atoms with Gasteiger partial charge < -0.3 is 20.1 Å². The van der Waals surface area contributed by atoms with Gasteiger partial charge in [0.25, 0.3) is 0 Å². The molecular formula is C22H30N4O3. The van der Waals surface area contributed by atoms with Gasteiger partial charge in [0.2, 0.25) is 11.9 Å². The first kappa shape index (κ1) is 19.0. The van der Waals surface area contributed by atoms with Crippen LogP contribution in [0.1, 0.15) is 38.5 Å². The van der Waals surface area contributed by atoms with E-state index in [1.165, 1.54) is 31.3 Å². The number of ether oxygens (including phenoxy) is 1. The fourth-order valence-electron chi connectivity index (χ4n) is 5.68. The lowest BCUT2D eigenvalue weighted by molar-refractivity contribution is -0.140. The first-order valence-corrected chi connectivity index (χ1v) is 11.0. The summed E-state index contributed by atoms with van der Waals surface area (Å²) in [4.78, 5) is 23.8. The molecule has 6 atom stereocenters. The predicted molar refractivity (Wildman–Crippen MR) is 108 cm³/mol. The Kier molecular flexibility index (Phi) is 5.26. The lowest BCUT2D eigenvalue weighted by Crippen LogP contribution is -2.47. The van der Waals surface area contributed by atoms with Crippen molar-refractivity contribution < 1.29 is 14.6 Å². The van der Waals surface area contributed by atoms with E-state index < -0.39 is 6.10 Å². The number of hydrogen-bond acceptors (Lipinski definition) is 6. The molecule has 7 nitrogen and oxygen atoms in total. The van der Waals surface area contributed by atoms with Crippen molar-refractivity contribution in [3.8, 4) is 0 Å². The molecule has 29 heavy (non-hydrogen) atoms. The van der Waals surface area contributed by atoms with Gasteiger partial charge in [0.1, 0.15) is 0 Å². The number of amides is 1. The van der Waals surface area contributed by atoms with Crippen LogP contribution in [0.25, 0.3) is 0 Å². The molecule has 1 aromatic rings. The van der Waals surface area contributed by atoms with E-state index in [4.69, 9.17) is 4.74 Å². The number of hydrogen-bond donors (Lipinski definition) is 2. The summed E-state index contributed by atoms with van der Waals surface area (Å²) in [5, 5.41) is 14.0. The van der Waals surface area contributed by atoms with Gasteiger partial charge in [-0.25, -0.2) is 9.97 Å². The summed E-state index contributed by atoms with van der Waals surface area (Å²) in [6.45, 7) is 2.13. The minimum atomic E-state index is -0.532. The Morgan fingerprint density at radius 1 is 1.24 bits per heavy atom. The maximum absolute atomic E-state index is 12.9. The van der Waals surface area contributed by atoms with Crippen LogP contribution in [0.4, 0.5) is 5.95 Å². The quantitative estimate of drug-likeness (QED) is 0.734. The van der Waals surface area contributed by atoms with Gasteiger partial charge in [-0.1, -0.05) is 11.6 Å². The van der Waals surface area contributed by atoms with Gasteiger partial charge >= 0.3 is 0 Å². The van der Waals surface area contributed by atoms with Gasteiger partial charge in [0.15, 0.2) is 0 Å². The van der Waals surface area contributed by atoms with E-state index in [1.807, 2.05) is 0 Å². The van der Waals surface area contributed by atoms with E-state index in [0.29, 0.717) is 25.5 Å². The molecule has 1 aromatic heterocycles. The second kappa shape index (κ2) is 8.03. The van der Waals surface area contributed by atoms with Crippen LogP contribution in [-0.4, -0.2) is 58.9 Å². The predicted octanol–water partition coefficient (Wildman–Crippen LogP) is 1.68. The fourth-order valence-corrected chi connectivity index (χ4v) is 5.68. The zero-order valence-electron chi connectivity index (χ0n) is 16.7. The van der Waals surface area contributed by atoms with Crippen LogP contribution in [0.3, 0.4) is 0 Å². The van der Waals surface area contributed by atoms with Gasteiger partial charge in [0.05, 0.1) is 24.2 Å². The number of aliphatic hydroxyl groups is 1. The summed E-state index contributed by atoms with van der Waals surface area (Å²) in [6, 6.07) is 1.80. The number of carbonyl (C=O) groups excluding carboxylic acids is 1. The standard InChI is InChI=1S/C22H30N4O3/c27-19-16-12-26(22-24-8-4-9-25-22)13-17(16)20-15(11-18(19)29-20)21(28)23-10-7-14-5-2-1-3-6-14/h4-5,8-9,15-20,27H,1-3,6-7,10-13H2,(H,23,28)/t15?,16-,17+,18+,19+,20-/m1/s1. The van der Waals surface area contributed by atoms with Crippen molar-refractivity contribution in [1.82, 2.24) is 15.3 Å². The molecule has 0 saturated carbocycles. The Hall–Kier alpha value is -1.99. The zero-order chi connectivity index (χ0) is 19.8. The van der Waals surface area contributed by atoms with Crippen molar-refractivity contribution in [2.45, 2.75) is 56.8 Å². The smallest absolute Gasteiger partial charge is 0.225 e. The molecule has 3 aliphatic heterocycles. The van der Waals surface area contributed by atoms with E-state index in [2.05, 4.69) is 26.3 Å². The lowest BCUT2D eigenvalue weighted by atomic mass is 9.83. The maximum Gasteiger partial charge on any atom is 0.225 e. The highest BCUT2D eigenvalue weighted by atomic mass is 16.5. The topological polar surface area (TPSA) is 87.6 Å². The minimum Gasteiger partial charge on any atom is -0.390 e. The highest BCUT2D eigenvalue weighted by molar-refractivity contribution is 5.79. The molecule has 3 saturated heterocycles. The number of nitrogens with one attached hydrogen (secondary N) is 1. The summed E-state index contributed by atoms with van der Waals surface area (Å²) in [7, 11) is 0. The maximum atomic E-state index is 12.9. The fraction of sp³-hybridized carbons (Fsp3) is 0.682. The Balaban J connectivity index is 1.23. The third kappa shape index (κ3) is 3.66. The van der Waals surface area contributed by atoms with Gasteiger partial charge in [-0.15, -0.1) is 0 Å². The number of anilines is 1. The Morgan fingerprint density at radius 2 is 2.07 bits per heavy atom. The Bertz CT molecular complexity index is 771. The van der Waals surface area contributed by atoms with Crippen LogP contribution in [0.5, 0.6) is 0 Å². The molecule has 4 aliphatic rings. The van der Waals surface area contributed by atoms with Crippen molar-refractivity contribution in [1.29, 1.82) is 0 Å². The summed E-state index contributed by atoms with van der Waals surface area (Å²) >= 11 is 0. The Labute approximate surface area is 171 Å². The molecule has 0 spiro atoms. The van der Waals surface area contributed by atoms with Crippen molar-refractivity contribution in [2.24, 2.45) is 17.8 Å². The van der Waals surface area contributed by atoms with E-state index in [9.17, 15) is 9.90 Å². The van der Waals surface area contributed by atoms with E-state index in [-0.39, 0.29) is 35.9 Å². The summed E-state index contributed by atoms with van der Waals surface area (Å²) < 4.78 is 6.15. The number of fused-ring (bicyclic) bond motifs is 4. The molecule has 1 unspecified atom stereocenters. The highest BCUT2D eigenvalue weighted by Gasteiger charge is 2.58. The van der Waals surface area contributed by atoms with Crippen LogP contribution in [0, 0.1) is 17.8 Å². The lowest BCUT2D eigenvalue weighted by Gasteiger charge is -2.36.